The first-order chi connectivity index (χ1) is 8.08. The smallest absolute Gasteiger partial charge is 0.346 e. The topological polar surface area (TPSA) is 81.1 Å². The van der Waals surface area contributed by atoms with Crippen molar-refractivity contribution in [1.82, 2.24) is 10.2 Å². The molecule has 17 heavy (non-hydrogen) atoms. The van der Waals surface area contributed by atoms with Gasteiger partial charge in [0.2, 0.25) is 17.4 Å². The number of nitrogens with zero attached hydrogens (tertiary/aromatic N) is 2. The van der Waals surface area contributed by atoms with Crippen LogP contribution in [-0.2, 0) is 0 Å². The average Bonchev–Trinajstić information content (AvgIpc) is 2.63. The number of hydrogen-bond donors (Lipinski definition) is 1. The van der Waals surface area contributed by atoms with E-state index in [1.165, 1.54) is 12.1 Å². The summed E-state index contributed by atoms with van der Waals surface area (Å²) in [6.07, 6.45) is 0. The van der Waals surface area contributed by atoms with Crippen LogP contribution in [0.2, 0.25) is 0 Å². The van der Waals surface area contributed by atoms with Crippen LogP contribution in [0.5, 0.6) is 11.6 Å². The Balaban J connectivity index is 2.39. The number of aromatic nitrogens is 2. The number of nitro groups is 1. The number of H-pyrrole nitrogens is 1. The van der Waals surface area contributed by atoms with Crippen molar-refractivity contribution in [3.05, 3.63) is 45.9 Å². The van der Waals surface area contributed by atoms with Gasteiger partial charge in [0.05, 0.1) is 4.92 Å². The normalized spacial score (nSPS) is 10.2. The predicted octanol–water partition coefficient (Wildman–Crippen LogP) is 2.56. The van der Waals surface area contributed by atoms with Gasteiger partial charge in [0.1, 0.15) is 0 Å². The Bertz CT molecular complexity index is 568. The number of para-hydroxylation sites is 1. The van der Waals surface area contributed by atoms with Gasteiger partial charge in [0.25, 0.3) is 0 Å². The van der Waals surface area contributed by atoms with Crippen molar-refractivity contribution in [3.63, 3.8) is 0 Å². The molecular weight excluding hydrogens is 229 g/mol. The summed E-state index contributed by atoms with van der Waals surface area (Å²) >= 11 is 0. The Labute approximate surface area is 95.2 Å². The van der Waals surface area contributed by atoms with Gasteiger partial charge in [0, 0.05) is 11.8 Å². The van der Waals surface area contributed by atoms with Crippen molar-refractivity contribution in [3.8, 4) is 11.6 Å². The first-order valence-electron chi connectivity index (χ1n) is 4.70. The average molecular weight is 237 g/mol. The van der Waals surface area contributed by atoms with Crippen molar-refractivity contribution in [2.75, 3.05) is 0 Å². The summed E-state index contributed by atoms with van der Waals surface area (Å²) in [6.45, 7) is 1.75. The molecule has 0 saturated carbocycles. The molecule has 2 aromatic rings. The van der Waals surface area contributed by atoms with Crippen LogP contribution < -0.4 is 4.74 Å². The highest BCUT2D eigenvalue weighted by atomic mass is 19.1. The third-order valence-corrected chi connectivity index (χ3v) is 2.03. The maximum absolute atomic E-state index is 13.3. The van der Waals surface area contributed by atoms with Crippen molar-refractivity contribution in [2.24, 2.45) is 0 Å². The Morgan fingerprint density at radius 1 is 1.53 bits per heavy atom. The largest absolute Gasteiger partial charge is 0.430 e. The number of aromatic amines is 1. The van der Waals surface area contributed by atoms with Crippen LogP contribution in [-0.4, -0.2) is 15.1 Å². The molecule has 0 bridgehead atoms. The van der Waals surface area contributed by atoms with Crippen LogP contribution in [0.15, 0.2) is 24.3 Å². The summed E-state index contributed by atoms with van der Waals surface area (Å²) in [6, 6.07) is 5.19. The molecule has 1 aromatic carbocycles. The monoisotopic (exact) mass is 237 g/mol. The Morgan fingerprint density at radius 2 is 2.29 bits per heavy atom. The summed E-state index contributed by atoms with van der Waals surface area (Å²) in [5.74, 6) is -0.975. The highest BCUT2D eigenvalue weighted by Gasteiger charge is 2.22. The number of hydrogen-bond acceptors (Lipinski definition) is 4. The fraction of sp³-hybridized carbons (Fsp3) is 0.100. The first kappa shape index (κ1) is 11.1. The molecule has 0 saturated heterocycles. The second kappa shape index (κ2) is 4.20. The van der Waals surface area contributed by atoms with E-state index in [-0.39, 0.29) is 11.6 Å². The van der Waals surface area contributed by atoms with E-state index in [0.717, 1.165) is 11.8 Å². The summed E-state index contributed by atoms with van der Waals surface area (Å²) < 4.78 is 18.4. The number of halogens is 1. The minimum atomic E-state index is -0.945. The second-order valence-corrected chi connectivity index (χ2v) is 3.33. The number of benzene rings is 1. The van der Waals surface area contributed by atoms with Crippen molar-refractivity contribution in [2.45, 2.75) is 6.92 Å². The Hall–Kier alpha value is -2.44. The van der Waals surface area contributed by atoms with Crippen LogP contribution >= 0.6 is 0 Å². The maximum atomic E-state index is 13.3. The molecule has 0 aliphatic heterocycles. The van der Waals surface area contributed by atoms with Crippen molar-refractivity contribution in [1.29, 1.82) is 0 Å². The van der Waals surface area contributed by atoms with Crippen LogP contribution in [0.25, 0.3) is 0 Å². The lowest BCUT2D eigenvalue weighted by Gasteiger charge is -2.02. The number of ether oxygens (including phenoxy) is 1. The van der Waals surface area contributed by atoms with Crippen LogP contribution in [0.3, 0.4) is 0 Å². The van der Waals surface area contributed by atoms with E-state index in [2.05, 4.69) is 10.2 Å². The van der Waals surface area contributed by atoms with Gasteiger partial charge in [-0.2, -0.15) is 4.39 Å². The molecule has 88 valence electrons. The fourth-order valence-electron chi connectivity index (χ4n) is 1.31. The third kappa shape index (κ3) is 2.22. The predicted molar refractivity (Wildman–Crippen MR) is 56.5 cm³/mol. The molecule has 1 N–H and O–H groups in total. The summed E-state index contributed by atoms with van der Waals surface area (Å²) in [5.41, 5.74) is 0.0345. The molecule has 0 aliphatic carbocycles. The Kier molecular flexibility index (Phi) is 2.73. The molecule has 0 unspecified atom stereocenters. The molecule has 6 nitrogen and oxygen atoms in total. The number of nitrogens with one attached hydrogen (secondary N) is 1. The first-order valence-corrected chi connectivity index (χ1v) is 4.70. The number of aryl methyl sites for hydroxylation is 1. The SMILES string of the molecule is Cc1cc(Oc2cccc(F)c2[N+](=O)[O-])n[nH]1. The maximum Gasteiger partial charge on any atom is 0.346 e. The highest BCUT2D eigenvalue weighted by molar-refractivity contribution is 5.48. The van der Waals surface area contributed by atoms with E-state index < -0.39 is 16.4 Å². The lowest BCUT2D eigenvalue weighted by Crippen LogP contribution is -1.96. The van der Waals surface area contributed by atoms with Gasteiger partial charge in [-0.05, 0) is 19.1 Å². The van der Waals surface area contributed by atoms with E-state index in [1.807, 2.05) is 0 Å². The molecule has 2 rings (SSSR count). The standard InChI is InChI=1S/C10H8FN3O3/c1-6-5-9(13-12-6)17-8-4-2-3-7(11)10(8)14(15)16/h2-5H,1H3,(H,12,13). The molecule has 0 atom stereocenters. The minimum Gasteiger partial charge on any atom is -0.430 e. The van der Waals surface area contributed by atoms with E-state index in [9.17, 15) is 14.5 Å². The number of nitro benzene ring substituents is 1. The molecule has 0 radical (unpaired) electrons. The van der Waals surface area contributed by atoms with E-state index in [1.54, 1.807) is 13.0 Å². The minimum absolute atomic E-state index is 0.149. The molecule has 1 aromatic heterocycles. The zero-order valence-electron chi connectivity index (χ0n) is 8.81. The second-order valence-electron chi connectivity index (χ2n) is 3.33. The molecule has 0 spiro atoms. The summed E-state index contributed by atoms with van der Waals surface area (Å²) in [4.78, 5) is 9.87. The van der Waals surface area contributed by atoms with Crippen LogP contribution in [0.4, 0.5) is 10.1 Å². The van der Waals surface area contributed by atoms with E-state index >= 15 is 0 Å². The highest BCUT2D eigenvalue weighted by Crippen LogP contribution is 2.32. The van der Waals surface area contributed by atoms with E-state index in [4.69, 9.17) is 4.74 Å². The zero-order chi connectivity index (χ0) is 12.4. The van der Waals surface area contributed by atoms with E-state index in [0.29, 0.717) is 0 Å². The van der Waals surface area contributed by atoms with Gasteiger partial charge >= 0.3 is 5.69 Å². The van der Waals surface area contributed by atoms with Crippen LogP contribution in [0, 0.1) is 22.9 Å². The lowest BCUT2D eigenvalue weighted by molar-refractivity contribution is -0.388. The molecule has 0 aliphatic rings. The molecule has 7 heteroatoms. The third-order valence-electron chi connectivity index (χ3n) is 2.03. The molecule has 0 fully saturated rings. The van der Waals surface area contributed by atoms with Gasteiger partial charge in [-0.15, -0.1) is 5.10 Å². The fourth-order valence-corrected chi connectivity index (χ4v) is 1.31. The summed E-state index contributed by atoms with van der Waals surface area (Å²) in [5, 5.41) is 17.1. The van der Waals surface area contributed by atoms with Crippen molar-refractivity contribution >= 4 is 5.69 Å². The lowest BCUT2D eigenvalue weighted by atomic mass is 10.3. The summed E-state index contributed by atoms with van der Waals surface area (Å²) in [7, 11) is 0. The van der Waals surface area contributed by atoms with Gasteiger partial charge in [-0.25, -0.2) is 0 Å². The van der Waals surface area contributed by atoms with Gasteiger partial charge in [-0.1, -0.05) is 6.07 Å². The van der Waals surface area contributed by atoms with Crippen molar-refractivity contribution < 1.29 is 14.1 Å². The molecule has 0 amide bonds. The quantitative estimate of drug-likeness (QED) is 0.657. The molecular formula is C10H8FN3O3. The van der Waals surface area contributed by atoms with Gasteiger partial charge in [-0.3, -0.25) is 15.2 Å². The van der Waals surface area contributed by atoms with Crippen LogP contribution in [0.1, 0.15) is 5.69 Å². The zero-order valence-corrected chi connectivity index (χ0v) is 8.81. The molecule has 1 heterocycles. The Morgan fingerprint density at radius 3 is 2.88 bits per heavy atom. The van der Waals surface area contributed by atoms with Gasteiger partial charge in [0.15, 0.2) is 0 Å². The van der Waals surface area contributed by atoms with Gasteiger partial charge < -0.3 is 4.74 Å². The number of rotatable bonds is 3.